The minimum Gasteiger partial charge on any atom is -0.387 e. The van der Waals surface area contributed by atoms with E-state index in [-0.39, 0.29) is 24.8 Å². The zero-order valence-corrected chi connectivity index (χ0v) is 18.2. The fourth-order valence-electron chi connectivity index (χ4n) is 3.65. The molecule has 33 heavy (non-hydrogen) atoms. The molecule has 1 atom stereocenters. The monoisotopic (exact) mass is 464 g/mol. The maximum Gasteiger partial charge on any atom is 0.256 e. The van der Waals surface area contributed by atoms with Crippen molar-refractivity contribution < 1.29 is 19.5 Å². The molecule has 8 nitrogen and oxygen atoms in total. The number of nitrogens with zero attached hydrogens (tertiary/aromatic N) is 2. The fourth-order valence-corrected chi connectivity index (χ4v) is 3.82. The lowest BCUT2D eigenvalue weighted by atomic mass is 10.1. The molecule has 3 N–H and O–H groups in total. The van der Waals surface area contributed by atoms with Gasteiger partial charge in [0.15, 0.2) is 0 Å². The van der Waals surface area contributed by atoms with Gasteiger partial charge in [-0.3, -0.25) is 19.4 Å². The lowest BCUT2D eigenvalue weighted by Gasteiger charge is -2.28. The Kier molecular flexibility index (Phi) is 6.67. The van der Waals surface area contributed by atoms with E-state index in [1.54, 1.807) is 54.7 Å². The van der Waals surface area contributed by atoms with Crippen molar-refractivity contribution in [3.63, 3.8) is 0 Å². The predicted molar refractivity (Wildman–Crippen MR) is 124 cm³/mol. The van der Waals surface area contributed by atoms with Crippen molar-refractivity contribution in [1.29, 1.82) is 0 Å². The molecule has 9 heteroatoms. The van der Waals surface area contributed by atoms with Gasteiger partial charge in [-0.15, -0.1) is 0 Å². The second-order valence-electron chi connectivity index (χ2n) is 7.56. The number of amides is 3. The molecule has 1 unspecified atom stereocenters. The first-order valence-electron chi connectivity index (χ1n) is 10.3. The van der Waals surface area contributed by atoms with Crippen LogP contribution >= 0.6 is 11.6 Å². The number of aliphatic hydroxyl groups is 1. The smallest absolute Gasteiger partial charge is 0.256 e. The van der Waals surface area contributed by atoms with Gasteiger partial charge in [0.1, 0.15) is 12.6 Å². The Balaban J connectivity index is 1.67. The van der Waals surface area contributed by atoms with E-state index in [1.165, 1.54) is 4.90 Å². The standard InChI is InChI=1S/C24H21ClN4O4/c25-16-6-9-19-20(11-16)28-23(32)21(12-18-3-1-2-10-26-18)29(24(19)33)13-15-4-7-17(8-5-15)27-22(31)14-30/h1-11,21,30H,12-14H2,(H,27,31)(H,28,32). The predicted octanol–water partition coefficient (Wildman–Crippen LogP) is 2.87. The highest BCUT2D eigenvalue weighted by Gasteiger charge is 2.35. The lowest BCUT2D eigenvalue weighted by molar-refractivity contribution is -0.120. The van der Waals surface area contributed by atoms with Crippen LogP contribution in [0.3, 0.4) is 0 Å². The van der Waals surface area contributed by atoms with Crippen molar-refractivity contribution in [2.24, 2.45) is 0 Å². The molecule has 0 radical (unpaired) electrons. The van der Waals surface area contributed by atoms with Crippen molar-refractivity contribution in [1.82, 2.24) is 9.88 Å². The average molecular weight is 465 g/mol. The summed E-state index contributed by atoms with van der Waals surface area (Å²) in [6, 6.07) is 16.3. The third-order valence-electron chi connectivity index (χ3n) is 5.27. The van der Waals surface area contributed by atoms with Gasteiger partial charge in [-0.2, -0.15) is 0 Å². The quantitative estimate of drug-likeness (QED) is 0.519. The zero-order chi connectivity index (χ0) is 23.4. The number of benzene rings is 2. The molecule has 0 aliphatic carbocycles. The first-order chi connectivity index (χ1) is 15.9. The molecular formula is C24H21ClN4O4. The number of aliphatic hydroxyl groups excluding tert-OH is 1. The number of nitrogens with one attached hydrogen (secondary N) is 2. The Hall–Kier alpha value is -3.75. The Morgan fingerprint density at radius 2 is 1.91 bits per heavy atom. The molecule has 0 spiro atoms. The van der Waals surface area contributed by atoms with Crippen molar-refractivity contribution in [3.8, 4) is 0 Å². The summed E-state index contributed by atoms with van der Waals surface area (Å²) in [7, 11) is 0. The molecule has 0 saturated carbocycles. The van der Waals surface area contributed by atoms with E-state index in [0.717, 1.165) is 5.56 Å². The first-order valence-corrected chi connectivity index (χ1v) is 10.6. The summed E-state index contributed by atoms with van der Waals surface area (Å²) in [5, 5.41) is 14.7. The maximum atomic E-state index is 13.5. The lowest BCUT2D eigenvalue weighted by Crippen LogP contribution is -2.46. The van der Waals surface area contributed by atoms with Gasteiger partial charge < -0.3 is 20.6 Å². The van der Waals surface area contributed by atoms with E-state index >= 15 is 0 Å². The second-order valence-corrected chi connectivity index (χ2v) is 7.99. The molecular weight excluding hydrogens is 444 g/mol. The number of aromatic nitrogens is 1. The van der Waals surface area contributed by atoms with Crippen LogP contribution in [-0.4, -0.2) is 45.4 Å². The molecule has 0 fully saturated rings. The number of hydrogen-bond donors (Lipinski definition) is 3. The van der Waals surface area contributed by atoms with Crippen LogP contribution in [-0.2, 0) is 22.6 Å². The minimum atomic E-state index is -0.799. The highest BCUT2D eigenvalue weighted by molar-refractivity contribution is 6.31. The Bertz CT molecular complexity index is 1180. The van der Waals surface area contributed by atoms with Crippen LogP contribution < -0.4 is 10.6 Å². The van der Waals surface area contributed by atoms with Crippen molar-refractivity contribution in [2.75, 3.05) is 17.2 Å². The molecule has 0 bridgehead atoms. The number of halogens is 1. The van der Waals surface area contributed by atoms with Gasteiger partial charge in [0.2, 0.25) is 11.8 Å². The molecule has 1 aliphatic heterocycles. The normalized spacial score (nSPS) is 15.5. The summed E-state index contributed by atoms with van der Waals surface area (Å²) in [4.78, 5) is 44.0. The van der Waals surface area contributed by atoms with E-state index in [0.29, 0.717) is 27.7 Å². The van der Waals surface area contributed by atoms with Crippen LogP contribution in [0, 0.1) is 0 Å². The van der Waals surface area contributed by atoms with E-state index in [1.807, 2.05) is 12.1 Å². The Labute approximate surface area is 195 Å². The number of carbonyl (C=O) groups excluding carboxylic acids is 3. The van der Waals surface area contributed by atoms with Gasteiger partial charge in [-0.1, -0.05) is 29.8 Å². The van der Waals surface area contributed by atoms with Crippen LogP contribution in [0.1, 0.15) is 21.6 Å². The molecule has 168 valence electrons. The van der Waals surface area contributed by atoms with Gasteiger partial charge in [0.05, 0.1) is 11.3 Å². The SMILES string of the molecule is O=C(CO)Nc1ccc(CN2C(=O)c3ccc(Cl)cc3NC(=O)C2Cc2ccccn2)cc1. The molecule has 1 aromatic heterocycles. The zero-order valence-electron chi connectivity index (χ0n) is 17.5. The van der Waals surface area contributed by atoms with Crippen molar-refractivity contribution in [2.45, 2.75) is 19.0 Å². The van der Waals surface area contributed by atoms with Crippen molar-refractivity contribution >= 4 is 40.7 Å². The maximum absolute atomic E-state index is 13.5. The number of fused-ring (bicyclic) bond motifs is 1. The highest BCUT2D eigenvalue weighted by Crippen LogP contribution is 2.28. The van der Waals surface area contributed by atoms with Gasteiger partial charge in [0, 0.05) is 35.6 Å². The van der Waals surface area contributed by atoms with Crippen LogP contribution in [0.2, 0.25) is 5.02 Å². The Morgan fingerprint density at radius 3 is 2.61 bits per heavy atom. The van der Waals surface area contributed by atoms with E-state index in [9.17, 15) is 14.4 Å². The molecule has 2 heterocycles. The van der Waals surface area contributed by atoms with Gasteiger partial charge in [0.25, 0.3) is 5.91 Å². The number of hydrogen-bond acceptors (Lipinski definition) is 5. The summed E-state index contributed by atoms with van der Waals surface area (Å²) < 4.78 is 0. The van der Waals surface area contributed by atoms with Crippen LogP contribution in [0.5, 0.6) is 0 Å². The molecule has 4 rings (SSSR count). The van der Waals surface area contributed by atoms with E-state index in [4.69, 9.17) is 16.7 Å². The summed E-state index contributed by atoms with van der Waals surface area (Å²) in [5.74, 6) is -1.16. The van der Waals surface area contributed by atoms with Crippen LogP contribution in [0.25, 0.3) is 0 Å². The average Bonchev–Trinajstić information content (AvgIpc) is 2.90. The van der Waals surface area contributed by atoms with Gasteiger partial charge in [-0.25, -0.2) is 0 Å². The largest absolute Gasteiger partial charge is 0.387 e. The molecule has 3 aromatic rings. The third kappa shape index (κ3) is 5.19. The summed E-state index contributed by atoms with van der Waals surface area (Å²) >= 11 is 6.09. The third-order valence-corrected chi connectivity index (χ3v) is 5.51. The van der Waals surface area contributed by atoms with Gasteiger partial charge >= 0.3 is 0 Å². The molecule has 0 saturated heterocycles. The molecule has 1 aliphatic rings. The van der Waals surface area contributed by atoms with E-state index in [2.05, 4.69) is 15.6 Å². The van der Waals surface area contributed by atoms with Crippen LogP contribution in [0.15, 0.2) is 66.9 Å². The first kappa shape index (κ1) is 22.4. The van der Waals surface area contributed by atoms with Crippen LogP contribution in [0.4, 0.5) is 11.4 Å². The highest BCUT2D eigenvalue weighted by atomic mass is 35.5. The summed E-state index contributed by atoms with van der Waals surface area (Å²) in [5.41, 5.74) is 2.68. The number of carbonyl (C=O) groups is 3. The number of anilines is 2. The van der Waals surface area contributed by atoms with Crippen molar-refractivity contribution in [3.05, 3.63) is 88.7 Å². The molecule has 2 aromatic carbocycles. The second kappa shape index (κ2) is 9.81. The summed E-state index contributed by atoms with van der Waals surface area (Å²) in [6.07, 6.45) is 1.88. The fraction of sp³-hybridized carbons (Fsp3) is 0.167. The topological polar surface area (TPSA) is 112 Å². The number of pyridine rings is 1. The van der Waals surface area contributed by atoms with E-state index < -0.39 is 18.6 Å². The Morgan fingerprint density at radius 1 is 1.12 bits per heavy atom. The number of rotatable bonds is 6. The summed E-state index contributed by atoms with van der Waals surface area (Å²) in [6.45, 7) is -0.447. The minimum absolute atomic E-state index is 0.167. The van der Waals surface area contributed by atoms with Gasteiger partial charge in [-0.05, 0) is 48.0 Å². The molecule has 3 amide bonds.